The van der Waals surface area contributed by atoms with Crippen molar-refractivity contribution in [2.75, 3.05) is 0 Å². The van der Waals surface area contributed by atoms with Gasteiger partial charge in [0.05, 0.1) is 12.3 Å². The van der Waals surface area contributed by atoms with Crippen molar-refractivity contribution < 1.29 is 9.34 Å². The Morgan fingerprint density at radius 1 is 1.65 bits per heavy atom. The van der Waals surface area contributed by atoms with E-state index in [0.717, 1.165) is 0 Å². The van der Waals surface area contributed by atoms with Gasteiger partial charge in [-0.3, -0.25) is 15.5 Å². The average molecular weight is 256 g/mol. The van der Waals surface area contributed by atoms with Crippen molar-refractivity contribution in [1.29, 1.82) is 0 Å². The van der Waals surface area contributed by atoms with Crippen molar-refractivity contribution in [3.63, 3.8) is 0 Å². The fourth-order valence-electron chi connectivity index (χ4n) is 0.959. The van der Waals surface area contributed by atoms with E-state index in [9.17, 15) is 10.1 Å². The second kappa shape index (κ2) is 5.94. The number of rotatable bonds is 4. The molecule has 0 fully saturated rings. The maximum Gasteiger partial charge on any atom is 0.433 e. The van der Waals surface area contributed by atoms with E-state index in [4.69, 9.17) is 16.6 Å². The normalized spacial score (nSPS) is 10.8. The van der Waals surface area contributed by atoms with Crippen LogP contribution in [-0.2, 0) is 0 Å². The van der Waals surface area contributed by atoms with E-state index < -0.39 is 4.92 Å². The van der Waals surface area contributed by atoms with E-state index in [1.54, 1.807) is 0 Å². The summed E-state index contributed by atoms with van der Waals surface area (Å²) >= 11 is 4.92. The highest BCUT2D eigenvalue weighted by Crippen LogP contribution is 2.13. The molecule has 8 heteroatoms. The first-order valence-corrected chi connectivity index (χ1v) is 5.23. The molecule has 0 bridgehead atoms. The summed E-state index contributed by atoms with van der Waals surface area (Å²) in [4.78, 5) is 9.72. The predicted molar refractivity (Wildman–Crippen MR) is 67.0 cm³/mol. The van der Waals surface area contributed by atoms with Gasteiger partial charge in [0, 0.05) is 6.04 Å². The van der Waals surface area contributed by atoms with Gasteiger partial charge in [-0.25, -0.2) is 0 Å². The van der Waals surface area contributed by atoms with E-state index >= 15 is 0 Å². The zero-order valence-electron chi connectivity index (χ0n) is 9.34. The van der Waals surface area contributed by atoms with Crippen LogP contribution in [0.2, 0.25) is 0 Å². The Labute approximate surface area is 103 Å². The molecule has 1 aromatic heterocycles. The average Bonchev–Trinajstić information content (AvgIpc) is 2.65. The molecule has 0 saturated heterocycles. The largest absolute Gasteiger partial charge is 0.433 e. The quantitative estimate of drug-likeness (QED) is 0.366. The van der Waals surface area contributed by atoms with Gasteiger partial charge in [-0.1, -0.05) is 0 Å². The lowest BCUT2D eigenvalue weighted by Gasteiger charge is -2.08. The Bertz CT molecular complexity index is 441. The van der Waals surface area contributed by atoms with Gasteiger partial charge in [0.25, 0.3) is 0 Å². The van der Waals surface area contributed by atoms with Crippen LogP contribution in [0.3, 0.4) is 0 Å². The molecule has 0 spiro atoms. The molecular formula is C9H12N4O3S. The van der Waals surface area contributed by atoms with Crippen LogP contribution in [0.4, 0.5) is 5.88 Å². The van der Waals surface area contributed by atoms with Gasteiger partial charge in [0.1, 0.15) is 4.92 Å². The fourth-order valence-corrected chi connectivity index (χ4v) is 1.25. The fraction of sp³-hybridized carbons (Fsp3) is 0.333. The summed E-state index contributed by atoms with van der Waals surface area (Å²) in [5.41, 5.74) is 2.56. The molecule has 0 aromatic carbocycles. The lowest BCUT2D eigenvalue weighted by molar-refractivity contribution is -0.402. The summed E-state index contributed by atoms with van der Waals surface area (Å²) in [6.45, 7) is 3.88. The number of nitro groups is 1. The van der Waals surface area contributed by atoms with Crippen LogP contribution in [0, 0.1) is 10.1 Å². The summed E-state index contributed by atoms with van der Waals surface area (Å²) < 4.78 is 4.86. The number of hydrazone groups is 1. The van der Waals surface area contributed by atoms with Crippen molar-refractivity contribution in [3.05, 3.63) is 28.0 Å². The Kier molecular flexibility index (Phi) is 4.58. The van der Waals surface area contributed by atoms with Crippen LogP contribution in [-0.4, -0.2) is 22.3 Å². The maximum absolute atomic E-state index is 10.3. The highest BCUT2D eigenvalue weighted by molar-refractivity contribution is 7.80. The predicted octanol–water partition coefficient (Wildman–Crippen LogP) is 1.39. The Morgan fingerprint density at radius 3 is 2.88 bits per heavy atom. The Morgan fingerprint density at radius 2 is 2.35 bits per heavy atom. The molecule has 1 aromatic rings. The lowest BCUT2D eigenvalue weighted by Crippen LogP contribution is -2.36. The molecule has 1 heterocycles. The molecule has 7 nitrogen and oxygen atoms in total. The monoisotopic (exact) mass is 256 g/mol. The third kappa shape index (κ3) is 4.60. The molecule has 0 aliphatic rings. The molecule has 0 atom stereocenters. The number of nitrogens with one attached hydrogen (secondary N) is 2. The standard InChI is InChI=1S/C9H12N4O3S/c1-6(2)11-9(17)12-10-5-7-3-4-8(16-7)13(14)15/h3-6H,1-2H3,(H2,11,12,17)/b10-5-. The third-order valence-electron chi connectivity index (χ3n) is 1.57. The minimum Gasteiger partial charge on any atom is -0.400 e. The molecule has 92 valence electrons. The number of furan rings is 1. The number of thiocarbonyl (C=S) groups is 1. The van der Waals surface area contributed by atoms with E-state index in [2.05, 4.69) is 15.8 Å². The first-order valence-electron chi connectivity index (χ1n) is 4.83. The highest BCUT2D eigenvalue weighted by Gasteiger charge is 2.10. The number of hydrogen-bond acceptors (Lipinski definition) is 5. The molecule has 1 rings (SSSR count). The molecule has 0 amide bonds. The first kappa shape index (κ1) is 13.1. The van der Waals surface area contributed by atoms with Gasteiger partial charge in [-0.05, 0) is 32.1 Å². The van der Waals surface area contributed by atoms with Crippen LogP contribution in [0.25, 0.3) is 0 Å². The molecule has 0 saturated carbocycles. The molecule has 0 radical (unpaired) electrons. The van der Waals surface area contributed by atoms with Crippen molar-refractivity contribution in [3.8, 4) is 0 Å². The Hall–Kier alpha value is -1.96. The van der Waals surface area contributed by atoms with E-state index in [0.29, 0.717) is 5.11 Å². The van der Waals surface area contributed by atoms with Crippen LogP contribution < -0.4 is 10.7 Å². The van der Waals surface area contributed by atoms with Crippen molar-refractivity contribution in [2.45, 2.75) is 19.9 Å². The van der Waals surface area contributed by atoms with Crippen LogP contribution >= 0.6 is 12.2 Å². The van der Waals surface area contributed by atoms with Crippen LogP contribution in [0.5, 0.6) is 0 Å². The van der Waals surface area contributed by atoms with Gasteiger partial charge < -0.3 is 9.73 Å². The molecule has 17 heavy (non-hydrogen) atoms. The van der Waals surface area contributed by atoms with Gasteiger partial charge in [-0.2, -0.15) is 5.10 Å². The minimum absolute atomic E-state index is 0.204. The zero-order chi connectivity index (χ0) is 12.8. The molecule has 2 N–H and O–H groups in total. The summed E-state index contributed by atoms with van der Waals surface area (Å²) in [6.07, 6.45) is 1.31. The minimum atomic E-state index is -0.615. The number of hydrogen-bond donors (Lipinski definition) is 2. The zero-order valence-corrected chi connectivity index (χ0v) is 10.2. The van der Waals surface area contributed by atoms with E-state index in [1.807, 2.05) is 13.8 Å². The topological polar surface area (TPSA) is 92.7 Å². The van der Waals surface area contributed by atoms with Crippen LogP contribution in [0.1, 0.15) is 19.6 Å². The SMILES string of the molecule is CC(C)NC(=S)N/N=C\c1ccc([N+](=O)[O-])o1. The third-order valence-corrected chi connectivity index (χ3v) is 1.78. The summed E-state index contributed by atoms with van der Waals surface area (Å²) in [5.74, 6) is -0.0501. The summed E-state index contributed by atoms with van der Waals surface area (Å²) in [5, 5.41) is 17.4. The van der Waals surface area contributed by atoms with Crippen LogP contribution in [0.15, 0.2) is 21.7 Å². The van der Waals surface area contributed by atoms with Crippen molar-refractivity contribution in [1.82, 2.24) is 10.7 Å². The molecule has 0 unspecified atom stereocenters. The summed E-state index contributed by atoms with van der Waals surface area (Å²) in [6, 6.07) is 2.91. The van der Waals surface area contributed by atoms with Crippen molar-refractivity contribution >= 4 is 29.4 Å². The van der Waals surface area contributed by atoms with Gasteiger partial charge in [-0.15, -0.1) is 0 Å². The molecule has 0 aliphatic heterocycles. The second-order valence-corrected chi connectivity index (χ2v) is 3.84. The van der Waals surface area contributed by atoms with Gasteiger partial charge in [0.2, 0.25) is 0 Å². The highest BCUT2D eigenvalue weighted by atomic mass is 32.1. The second-order valence-electron chi connectivity index (χ2n) is 3.43. The summed E-state index contributed by atoms with van der Waals surface area (Å²) in [7, 11) is 0. The molecular weight excluding hydrogens is 244 g/mol. The van der Waals surface area contributed by atoms with Gasteiger partial charge >= 0.3 is 5.88 Å². The smallest absolute Gasteiger partial charge is 0.400 e. The lowest BCUT2D eigenvalue weighted by atomic mass is 10.4. The van der Waals surface area contributed by atoms with Gasteiger partial charge in [0.15, 0.2) is 10.9 Å². The van der Waals surface area contributed by atoms with Crippen molar-refractivity contribution in [2.24, 2.45) is 5.10 Å². The van der Waals surface area contributed by atoms with E-state index in [1.165, 1.54) is 18.3 Å². The van der Waals surface area contributed by atoms with E-state index in [-0.39, 0.29) is 17.7 Å². The number of nitrogens with zero attached hydrogens (tertiary/aromatic N) is 2. The first-order chi connectivity index (χ1) is 7.99. The molecule has 0 aliphatic carbocycles. The Balaban J connectivity index is 2.48. The maximum atomic E-state index is 10.3.